The van der Waals surface area contributed by atoms with Gasteiger partial charge < -0.3 is 4.90 Å². The predicted octanol–water partition coefficient (Wildman–Crippen LogP) is 2.32. The van der Waals surface area contributed by atoms with Gasteiger partial charge in [0.25, 0.3) is 5.91 Å². The summed E-state index contributed by atoms with van der Waals surface area (Å²) in [5.74, 6) is -0.350. The number of carbonyl (C=O) groups excluding carboxylic acids is 3. The van der Waals surface area contributed by atoms with Crippen LogP contribution in [-0.2, 0) is 11.3 Å². The van der Waals surface area contributed by atoms with Crippen molar-refractivity contribution in [3.63, 3.8) is 0 Å². The van der Waals surface area contributed by atoms with Gasteiger partial charge in [0, 0.05) is 19.8 Å². The molecule has 1 unspecified atom stereocenters. The van der Waals surface area contributed by atoms with Crippen molar-refractivity contribution >= 4 is 17.7 Å². The first-order valence-corrected chi connectivity index (χ1v) is 9.05. The summed E-state index contributed by atoms with van der Waals surface area (Å²) >= 11 is 0. The lowest BCUT2D eigenvalue weighted by atomic mass is 9.75. The lowest BCUT2D eigenvalue weighted by molar-refractivity contribution is -0.135. The largest absolute Gasteiger partial charge is 0.327 e. The molecule has 2 aliphatic rings. The maximum atomic E-state index is 13.1. The van der Waals surface area contributed by atoms with Crippen LogP contribution in [0.3, 0.4) is 0 Å². The van der Waals surface area contributed by atoms with Gasteiger partial charge in [-0.2, -0.15) is 5.10 Å². The van der Waals surface area contributed by atoms with Crippen molar-refractivity contribution in [3.8, 4) is 0 Å². The Balaban J connectivity index is 1.79. The van der Waals surface area contributed by atoms with Crippen LogP contribution in [0.5, 0.6) is 0 Å². The van der Waals surface area contributed by atoms with Gasteiger partial charge >= 0.3 is 6.03 Å². The molecule has 0 bridgehead atoms. The molecule has 0 radical (unpaired) electrons. The second-order valence-electron chi connectivity index (χ2n) is 7.22. The van der Waals surface area contributed by atoms with E-state index in [2.05, 4.69) is 5.10 Å². The van der Waals surface area contributed by atoms with E-state index in [0.29, 0.717) is 12.1 Å². The zero-order chi connectivity index (χ0) is 18.2. The summed E-state index contributed by atoms with van der Waals surface area (Å²) in [5.41, 5.74) is -0.415. The molecule has 0 aromatic carbocycles. The maximum absolute atomic E-state index is 13.1. The molecule has 2 heterocycles. The molecule has 1 atom stereocenters. The van der Waals surface area contributed by atoms with E-state index in [1.807, 2.05) is 13.8 Å². The fraction of sp³-hybridized carbons (Fsp3) is 0.667. The van der Waals surface area contributed by atoms with Crippen LogP contribution in [-0.4, -0.2) is 56.4 Å². The average molecular weight is 346 g/mol. The van der Waals surface area contributed by atoms with Crippen molar-refractivity contribution in [2.45, 2.75) is 58.0 Å². The highest BCUT2D eigenvalue weighted by Crippen LogP contribution is 2.40. The summed E-state index contributed by atoms with van der Waals surface area (Å²) in [7, 11) is 1.68. The number of amides is 3. The molecule has 7 heteroatoms. The lowest BCUT2D eigenvalue weighted by Gasteiger charge is -2.38. The molecule has 7 nitrogen and oxygen atoms in total. The van der Waals surface area contributed by atoms with E-state index < -0.39 is 5.54 Å². The van der Waals surface area contributed by atoms with Crippen LogP contribution in [0.15, 0.2) is 12.4 Å². The Morgan fingerprint density at radius 3 is 2.56 bits per heavy atom. The minimum atomic E-state index is -0.842. The summed E-state index contributed by atoms with van der Waals surface area (Å²) in [5, 5.41) is 4.08. The van der Waals surface area contributed by atoms with Crippen molar-refractivity contribution in [1.82, 2.24) is 19.6 Å². The maximum Gasteiger partial charge on any atom is 0.327 e. The third kappa shape index (κ3) is 2.85. The number of Topliss-reactive ketones (excluding diaryl/α,β-unsaturated/α-hetero) is 1. The van der Waals surface area contributed by atoms with Gasteiger partial charge in [-0.3, -0.25) is 19.2 Å². The van der Waals surface area contributed by atoms with E-state index >= 15 is 0 Å². The number of carbonyl (C=O) groups is 3. The summed E-state index contributed by atoms with van der Waals surface area (Å²) in [4.78, 5) is 40.9. The number of hydrogen-bond acceptors (Lipinski definition) is 4. The van der Waals surface area contributed by atoms with Crippen molar-refractivity contribution in [3.05, 3.63) is 18.0 Å². The molecule has 1 aliphatic heterocycles. The predicted molar refractivity (Wildman–Crippen MR) is 92.1 cm³/mol. The number of nitrogens with zero attached hydrogens (tertiary/aromatic N) is 4. The quantitative estimate of drug-likeness (QED) is 0.606. The van der Waals surface area contributed by atoms with Crippen LogP contribution in [0.2, 0.25) is 0 Å². The Hall–Kier alpha value is -2.18. The van der Waals surface area contributed by atoms with Crippen molar-refractivity contribution in [2.75, 3.05) is 13.6 Å². The fourth-order valence-electron chi connectivity index (χ4n) is 4.05. The summed E-state index contributed by atoms with van der Waals surface area (Å²) < 4.78 is 1.65. The van der Waals surface area contributed by atoms with E-state index in [1.165, 1.54) is 17.5 Å². The van der Waals surface area contributed by atoms with E-state index in [1.54, 1.807) is 17.9 Å². The lowest BCUT2D eigenvalue weighted by Crippen LogP contribution is -2.52. The third-order valence-electron chi connectivity index (χ3n) is 5.87. The molecule has 0 N–H and O–H groups in total. The number of imide groups is 1. The Kier molecular flexibility index (Phi) is 4.67. The molecule has 1 saturated carbocycles. The van der Waals surface area contributed by atoms with Crippen LogP contribution in [0, 0.1) is 5.92 Å². The molecule has 1 aromatic heterocycles. The van der Waals surface area contributed by atoms with Gasteiger partial charge in [0.2, 0.25) is 0 Å². The molecular weight excluding hydrogens is 320 g/mol. The summed E-state index contributed by atoms with van der Waals surface area (Å²) in [6.45, 7) is 4.22. The normalized spacial score (nSPS) is 25.1. The van der Waals surface area contributed by atoms with Gasteiger partial charge in [0.05, 0.1) is 18.3 Å². The van der Waals surface area contributed by atoms with Crippen molar-refractivity contribution in [2.24, 2.45) is 5.92 Å². The van der Waals surface area contributed by atoms with E-state index in [0.717, 1.165) is 30.6 Å². The molecule has 1 aliphatic carbocycles. The number of hydrogen-bond donors (Lipinski definition) is 0. The van der Waals surface area contributed by atoms with Gasteiger partial charge in [-0.25, -0.2) is 4.79 Å². The van der Waals surface area contributed by atoms with E-state index in [-0.39, 0.29) is 30.2 Å². The number of likely N-dealkylation sites (N-methyl/N-ethyl adjacent to an activating group) is 1. The zero-order valence-corrected chi connectivity index (χ0v) is 15.2. The van der Waals surface area contributed by atoms with Crippen molar-refractivity contribution < 1.29 is 14.4 Å². The van der Waals surface area contributed by atoms with Crippen molar-refractivity contribution in [1.29, 1.82) is 0 Å². The summed E-state index contributed by atoms with van der Waals surface area (Å²) in [6.07, 6.45) is 8.39. The first kappa shape index (κ1) is 17.6. The van der Waals surface area contributed by atoms with Gasteiger partial charge in [0.15, 0.2) is 5.78 Å². The average Bonchev–Trinajstić information content (AvgIpc) is 3.18. The second-order valence-corrected chi connectivity index (χ2v) is 7.22. The highest BCUT2D eigenvalue weighted by molar-refractivity contribution is 6.11. The van der Waals surface area contributed by atoms with Crippen LogP contribution >= 0.6 is 0 Å². The summed E-state index contributed by atoms with van der Waals surface area (Å²) in [6, 6.07) is -0.380. The van der Waals surface area contributed by atoms with Crippen LogP contribution in [0.25, 0.3) is 0 Å². The molecular formula is C18H26N4O3. The molecule has 1 saturated heterocycles. The van der Waals surface area contributed by atoms with Gasteiger partial charge in [-0.1, -0.05) is 19.3 Å². The molecule has 0 spiro atoms. The Bertz CT molecular complexity index is 692. The molecule has 25 heavy (non-hydrogen) atoms. The molecule has 3 amide bonds. The third-order valence-corrected chi connectivity index (χ3v) is 5.87. The van der Waals surface area contributed by atoms with Gasteiger partial charge in [-0.15, -0.1) is 0 Å². The topological polar surface area (TPSA) is 75.5 Å². The Labute approximate surface area is 148 Å². The first-order chi connectivity index (χ1) is 11.9. The minimum Gasteiger partial charge on any atom is -0.313 e. The fourth-order valence-corrected chi connectivity index (χ4v) is 4.05. The van der Waals surface area contributed by atoms with Gasteiger partial charge in [-0.05, 0) is 32.6 Å². The number of aryl methyl sites for hydroxylation is 1. The minimum absolute atomic E-state index is 0.158. The van der Waals surface area contributed by atoms with Gasteiger partial charge in [0.1, 0.15) is 5.54 Å². The molecule has 2 fully saturated rings. The van der Waals surface area contributed by atoms with Crippen LogP contribution < -0.4 is 0 Å². The second kappa shape index (κ2) is 6.61. The standard InChI is InChI=1S/C18H26N4O3/c1-4-21-11-13(10-19-21)15(23)12-22-16(24)18(2,20(3)17(22)25)14-8-6-5-7-9-14/h10-11,14H,4-9,12H2,1-3H3. The number of rotatable bonds is 5. The molecule has 1 aromatic rings. The number of aromatic nitrogens is 2. The SMILES string of the molecule is CCn1cc(C(=O)CN2C(=O)N(C)C(C)(C3CCCCC3)C2=O)cn1. The Morgan fingerprint density at radius 1 is 1.28 bits per heavy atom. The Morgan fingerprint density at radius 2 is 1.96 bits per heavy atom. The highest BCUT2D eigenvalue weighted by atomic mass is 16.2. The first-order valence-electron chi connectivity index (χ1n) is 9.05. The molecule has 136 valence electrons. The number of ketones is 1. The van der Waals surface area contributed by atoms with E-state index in [9.17, 15) is 14.4 Å². The zero-order valence-electron chi connectivity index (χ0n) is 15.2. The van der Waals surface area contributed by atoms with Crippen LogP contribution in [0.1, 0.15) is 56.3 Å². The number of urea groups is 1. The highest BCUT2D eigenvalue weighted by Gasteiger charge is 2.56. The molecule has 3 rings (SSSR count). The van der Waals surface area contributed by atoms with E-state index in [4.69, 9.17) is 0 Å². The smallest absolute Gasteiger partial charge is 0.313 e. The van der Waals surface area contributed by atoms with Crippen LogP contribution in [0.4, 0.5) is 4.79 Å². The monoisotopic (exact) mass is 346 g/mol.